The molecule has 1 N–H and O–H groups in total. The molecule has 134 valence electrons. The number of amides is 1. The molecule has 3 fully saturated rings. The van der Waals surface area contributed by atoms with Gasteiger partial charge < -0.3 is 4.90 Å². The molecule has 2 bridgehead atoms. The SMILES string of the molecule is O=C(c1n[nH]c2c1CCC(c1ccc(F)cc1)=C2)N1CN2CCC1CC2. The average Bonchev–Trinajstić information content (AvgIpc) is 3.12. The molecule has 0 radical (unpaired) electrons. The summed E-state index contributed by atoms with van der Waals surface area (Å²) in [5.74, 6) is -0.178. The first kappa shape index (κ1) is 15.8. The molecule has 0 spiro atoms. The van der Waals surface area contributed by atoms with Crippen LogP contribution in [-0.4, -0.2) is 51.7 Å². The largest absolute Gasteiger partial charge is 0.321 e. The van der Waals surface area contributed by atoms with Crippen molar-refractivity contribution in [3.05, 3.63) is 52.6 Å². The normalized spacial score (nSPS) is 24.3. The van der Waals surface area contributed by atoms with Crippen LogP contribution in [0.2, 0.25) is 0 Å². The number of carbonyl (C=O) groups is 1. The maximum absolute atomic E-state index is 13.1. The molecular weight excluding hydrogens is 331 g/mol. The topological polar surface area (TPSA) is 52.2 Å². The number of nitrogens with one attached hydrogen (secondary N) is 1. The van der Waals surface area contributed by atoms with Gasteiger partial charge in [-0.25, -0.2) is 4.39 Å². The summed E-state index contributed by atoms with van der Waals surface area (Å²) >= 11 is 0. The summed E-state index contributed by atoms with van der Waals surface area (Å²) in [6.07, 6.45) is 5.77. The fraction of sp³-hybridized carbons (Fsp3) is 0.400. The fourth-order valence-electron chi connectivity index (χ4n) is 4.40. The van der Waals surface area contributed by atoms with Crippen LogP contribution in [0.1, 0.15) is 46.6 Å². The molecule has 0 atom stereocenters. The molecule has 1 amide bonds. The number of fused-ring (bicyclic) bond motifs is 4. The predicted octanol–water partition coefficient (Wildman–Crippen LogP) is 2.91. The number of piperidine rings is 1. The van der Waals surface area contributed by atoms with Gasteiger partial charge in [-0.1, -0.05) is 12.1 Å². The second-order valence-corrected chi connectivity index (χ2v) is 7.41. The van der Waals surface area contributed by atoms with Crippen molar-refractivity contribution in [2.24, 2.45) is 0 Å². The lowest BCUT2D eigenvalue weighted by molar-refractivity contribution is -0.00536. The van der Waals surface area contributed by atoms with Crippen molar-refractivity contribution < 1.29 is 9.18 Å². The van der Waals surface area contributed by atoms with Gasteiger partial charge in [0.15, 0.2) is 5.69 Å². The second kappa shape index (κ2) is 6.06. The zero-order valence-electron chi connectivity index (χ0n) is 14.5. The summed E-state index contributed by atoms with van der Waals surface area (Å²) in [6, 6.07) is 6.91. The Bertz CT molecular complexity index is 878. The molecule has 1 aromatic carbocycles. The summed E-state index contributed by atoms with van der Waals surface area (Å²) in [5, 5.41) is 7.40. The Morgan fingerprint density at radius 1 is 1.15 bits per heavy atom. The Hall–Kier alpha value is -2.47. The van der Waals surface area contributed by atoms with E-state index in [2.05, 4.69) is 15.1 Å². The van der Waals surface area contributed by atoms with Gasteiger partial charge in [0.05, 0.1) is 12.4 Å². The lowest BCUT2D eigenvalue weighted by Gasteiger charge is -2.47. The van der Waals surface area contributed by atoms with Gasteiger partial charge in [0.1, 0.15) is 5.82 Å². The molecule has 2 aromatic rings. The van der Waals surface area contributed by atoms with E-state index >= 15 is 0 Å². The molecule has 3 aliphatic heterocycles. The van der Waals surface area contributed by atoms with E-state index in [1.807, 2.05) is 11.0 Å². The Morgan fingerprint density at radius 3 is 2.62 bits per heavy atom. The molecule has 6 rings (SSSR count). The van der Waals surface area contributed by atoms with Crippen LogP contribution in [0.5, 0.6) is 0 Å². The maximum atomic E-state index is 13.1. The van der Waals surface area contributed by atoms with Crippen molar-refractivity contribution in [3.63, 3.8) is 0 Å². The van der Waals surface area contributed by atoms with Crippen LogP contribution in [-0.2, 0) is 6.42 Å². The quantitative estimate of drug-likeness (QED) is 0.904. The van der Waals surface area contributed by atoms with Crippen LogP contribution in [0.25, 0.3) is 11.6 Å². The monoisotopic (exact) mass is 352 g/mol. The maximum Gasteiger partial charge on any atom is 0.275 e. The fourth-order valence-corrected chi connectivity index (χ4v) is 4.40. The minimum atomic E-state index is -0.230. The van der Waals surface area contributed by atoms with E-state index < -0.39 is 0 Å². The average molecular weight is 352 g/mol. The highest BCUT2D eigenvalue weighted by molar-refractivity contribution is 5.96. The smallest absolute Gasteiger partial charge is 0.275 e. The van der Waals surface area contributed by atoms with E-state index in [1.165, 1.54) is 12.1 Å². The van der Waals surface area contributed by atoms with Gasteiger partial charge in [0.25, 0.3) is 5.91 Å². The van der Waals surface area contributed by atoms with Crippen molar-refractivity contribution in [1.29, 1.82) is 0 Å². The summed E-state index contributed by atoms with van der Waals surface area (Å²) < 4.78 is 13.1. The van der Waals surface area contributed by atoms with Gasteiger partial charge in [-0.15, -0.1) is 0 Å². The van der Waals surface area contributed by atoms with Crippen LogP contribution in [0.4, 0.5) is 4.39 Å². The number of allylic oxidation sites excluding steroid dienone is 1. The number of nitrogens with zero attached hydrogens (tertiary/aromatic N) is 3. The third-order valence-corrected chi connectivity index (χ3v) is 5.89. The Kier molecular flexibility index (Phi) is 3.67. The summed E-state index contributed by atoms with van der Waals surface area (Å²) in [5.41, 5.74) is 4.64. The molecule has 3 saturated heterocycles. The van der Waals surface area contributed by atoms with E-state index in [0.717, 1.165) is 67.8 Å². The number of aromatic nitrogens is 2. The van der Waals surface area contributed by atoms with Crippen molar-refractivity contribution in [2.45, 2.75) is 31.7 Å². The van der Waals surface area contributed by atoms with Crippen LogP contribution in [0.3, 0.4) is 0 Å². The number of hydrogen-bond acceptors (Lipinski definition) is 3. The van der Waals surface area contributed by atoms with Crippen molar-refractivity contribution in [1.82, 2.24) is 20.0 Å². The van der Waals surface area contributed by atoms with Crippen LogP contribution in [0.15, 0.2) is 24.3 Å². The van der Waals surface area contributed by atoms with E-state index in [1.54, 1.807) is 12.1 Å². The lowest BCUT2D eigenvalue weighted by Crippen LogP contribution is -2.58. The molecule has 0 saturated carbocycles. The molecule has 4 heterocycles. The lowest BCUT2D eigenvalue weighted by atomic mass is 9.90. The Balaban J connectivity index is 1.42. The summed E-state index contributed by atoms with van der Waals surface area (Å²) in [6.45, 7) is 2.91. The van der Waals surface area contributed by atoms with E-state index in [9.17, 15) is 9.18 Å². The number of halogens is 1. The number of benzene rings is 1. The number of aromatic amines is 1. The van der Waals surface area contributed by atoms with Gasteiger partial charge in [0.2, 0.25) is 0 Å². The highest BCUT2D eigenvalue weighted by atomic mass is 19.1. The van der Waals surface area contributed by atoms with Gasteiger partial charge in [0, 0.05) is 24.7 Å². The third-order valence-electron chi connectivity index (χ3n) is 5.89. The number of H-pyrrole nitrogens is 1. The molecule has 4 aliphatic rings. The Morgan fingerprint density at radius 2 is 1.92 bits per heavy atom. The zero-order valence-corrected chi connectivity index (χ0v) is 14.5. The Labute approximate surface area is 151 Å². The number of carbonyl (C=O) groups excluding carboxylic acids is 1. The molecule has 1 aromatic heterocycles. The van der Waals surface area contributed by atoms with Gasteiger partial charge in [-0.05, 0) is 55.0 Å². The second-order valence-electron chi connectivity index (χ2n) is 7.41. The summed E-state index contributed by atoms with van der Waals surface area (Å²) in [7, 11) is 0. The standard InChI is InChI=1S/C20H21FN4O/c21-15-4-1-13(2-5-15)14-3-6-17-18(11-14)22-23-19(17)20(26)25-12-24-9-7-16(25)8-10-24/h1-2,4-5,11,16H,3,6-10,12H2,(H,22,23). The first-order valence-corrected chi connectivity index (χ1v) is 9.26. The first-order chi connectivity index (χ1) is 12.7. The highest BCUT2D eigenvalue weighted by Gasteiger charge is 2.37. The van der Waals surface area contributed by atoms with Crippen LogP contribution in [0, 0.1) is 5.82 Å². The van der Waals surface area contributed by atoms with Crippen LogP contribution < -0.4 is 0 Å². The molecule has 0 unspecified atom stereocenters. The highest BCUT2D eigenvalue weighted by Crippen LogP contribution is 2.32. The van der Waals surface area contributed by atoms with Crippen LogP contribution >= 0.6 is 0 Å². The number of hydrogen-bond donors (Lipinski definition) is 1. The molecule has 5 nitrogen and oxygen atoms in total. The van der Waals surface area contributed by atoms with Crippen molar-refractivity contribution >= 4 is 17.6 Å². The van der Waals surface area contributed by atoms with E-state index in [4.69, 9.17) is 0 Å². The summed E-state index contributed by atoms with van der Waals surface area (Å²) in [4.78, 5) is 17.4. The van der Waals surface area contributed by atoms with Gasteiger partial charge in [-0.2, -0.15) is 5.10 Å². The van der Waals surface area contributed by atoms with Gasteiger partial charge in [-0.3, -0.25) is 14.8 Å². The van der Waals surface area contributed by atoms with E-state index in [-0.39, 0.29) is 11.7 Å². The molecule has 26 heavy (non-hydrogen) atoms. The number of rotatable bonds is 2. The van der Waals surface area contributed by atoms with Gasteiger partial charge >= 0.3 is 0 Å². The molecule has 1 aliphatic carbocycles. The van der Waals surface area contributed by atoms with Crippen molar-refractivity contribution in [2.75, 3.05) is 19.8 Å². The molecule has 6 heteroatoms. The third kappa shape index (κ3) is 2.56. The minimum absolute atomic E-state index is 0.0514. The predicted molar refractivity (Wildman–Crippen MR) is 96.8 cm³/mol. The minimum Gasteiger partial charge on any atom is -0.321 e. The first-order valence-electron chi connectivity index (χ1n) is 9.26. The van der Waals surface area contributed by atoms with Crippen molar-refractivity contribution in [3.8, 4) is 0 Å². The molecular formula is C20H21FN4O. The zero-order chi connectivity index (χ0) is 17.7. The van der Waals surface area contributed by atoms with E-state index in [0.29, 0.717) is 11.7 Å².